The number of benzene rings is 1. The van der Waals surface area contributed by atoms with E-state index in [9.17, 15) is 4.79 Å². The Hall–Kier alpha value is -3.55. The van der Waals surface area contributed by atoms with E-state index in [1.807, 2.05) is 30.3 Å². The molecule has 8 nitrogen and oxygen atoms in total. The zero-order chi connectivity index (χ0) is 21.8. The molecule has 0 aliphatic carbocycles. The lowest BCUT2D eigenvalue weighted by Crippen LogP contribution is -2.23. The number of pyridine rings is 2. The highest BCUT2D eigenvalue weighted by Gasteiger charge is 2.29. The predicted molar refractivity (Wildman–Crippen MR) is 119 cm³/mol. The van der Waals surface area contributed by atoms with Crippen LogP contribution in [0.5, 0.6) is 11.5 Å². The summed E-state index contributed by atoms with van der Waals surface area (Å²) in [5.41, 5.74) is 3.30. The molecule has 1 atom stereocenters. The molecule has 3 heterocycles. The van der Waals surface area contributed by atoms with Crippen LogP contribution >= 0.6 is 0 Å². The van der Waals surface area contributed by atoms with Crippen LogP contribution in [0.3, 0.4) is 0 Å². The molecule has 0 saturated carbocycles. The summed E-state index contributed by atoms with van der Waals surface area (Å²) in [6.07, 6.45) is 3.56. The molecule has 0 radical (unpaired) electrons. The molecule has 0 saturated heterocycles. The molecule has 0 unspecified atom stereocenters. The summed E-state index contributed by atoms with van der Waals surface area (Å²) in [7, 11) is 3.22. The fourth-order valence-corrected chi connectivity index (χ4v) is 3.74. The van der Waals surface area contributed by atoms with Crippen LogP contribution < -0.4 is 20.1 Å². The number of ether oxygens (including phenoxy) is 3. The van der Waals surface area contributed by atoms with Crippen molar-refractivity contribution in [2.24, 2.45) is 0 Å². The predicted octanol–water partition coefficient (Wildman–Crippen LogP) is 4.01. The van der Waals surface area contributed by atoms with Crippen molar-refractivity contribution in [3.8, 4) is 11.5 Å². The van der Waals surface area contributed by atoms with Crippen LogP contribution in [0.1, 0.15) is 35.7 Å². The summed E-state index contributed by atoms with van der Waals surface area (Å²) in [5, 5.41) is 6.78. The van der Waals surface area contributed by atoms with Gasteiger partial charge in [0.1, 0.15) is 35.0 Å². The van der Waals surface area contributed by atoms with E-state index in [4.69, 9.17) is 14.2 Å². The van der Waals surface area contributed by atoms with Gasteiger partial charge in [-0.25, -0.2) is 9.78 Å². The first kappa shape index (κ1) is 20.7. The Morgan fingerprint density at radius 1 is 1.26 bits per heavy atom. The highest BCUT2D eigenvalue weighted by atomic mass is 16.5. The van der Waals surface area contributed by atoms with Crippen LogP contribution in [0.2, 0.25) is 0 Å². The first-order chi connectivity index (χ1) is 15.1. The first-order valence-electron chi connectivity index (χ1n) is 10.3. The van der Waals surface area contributed by atoms with E-state index in [1.165, 1.54) is 0 Å². The summed E-state index contributed by atoms with van der Waals surface area (Å²) >= 11 is 0. The summed E-state index contributed by atoms with van der Waals surface area (Å²) < 4.78 is 16.3. The summed E-state index contributed by atoms with van der Waals surface area (Å²) in [6, 6.07) is 9.34. The Kier molecular flexibility index (Phi) is 6.06. The number of rotatable bonds is 7. The molecule has 0 spiro atoms. The SMILES string of the molecule is CCC[C@H]1COC(=O)c2c(NCc3ccc(OC)cc3OC)nc3cccnc3c2N1. The number of carbonyl (C=O) groups excluding carboxylic acids is 1. The number of hydrogen-bond donors (Lipinski definition) is 2. The molecule has 3 aromatic rings. The second kappa shape index (κ2) is 9.07. The normalized spacial score (nSPS) is 15.5. The average Bonchev–Trinajstić information content (AvgIpc) is 2.97. The number of methoxy groups -OCH3 is 2. The van der Waals surface area contributed by atoms with Crippen molar-refractivity contribution in [1.82, 2.24) is 9.97 Å². The molecule has 2 aromatic heterocycles. The molecule has 4 rings (SSSR count). The number of hydrogen-bond acceptors (Lipinski definition) is 8. The molecule has 2 N–H and O–H groups in total. The van der Waals surface area contributed by atoms with E-state index in [2.05, 4.69) is 27.5 Å². The van der Waals surface area contributed by atoms with E-state index >= 15 is 0 Å². The Bertz CT molecular complexity index is 1100. The molecule has 8 heteroatoms. The van der Waals surface area contributed by atoms with Gasteiger partial charge in [-0.1, -0.05) is 13.3 Å². The molecule has 31 heavy (non-hydrogen) atoms. The van der Waals surface area contributed by atoms with E-state index in [0.717, 1.165) is 18.4 Å². The van der Waals surface area contributed by atoms with Gasteiger partial charge in [-0.05, 0) is 30.7 Å². The maximum absolute atomic E-state index is 12.9. The van der Waals surface area contributed by atoms with Gasteiger partial charge in [0, 0.05) is 24.4 Å². The fraction of sp³-hybridized carbons (Fsp3) is 0.348. The second-order valence-corrected chi connectivity index (χ2v) is 7.34. The Labute approximate surface area is 180 Å². The third kappa shape index (κ3) is 4.19. The van der Waals surface area contributed by atoms with Gasteiger partial charge in [0.05, 0.1) is 31.5 Å². The van der Waals surface area contributed by atoms with Crippen LogP contribution in [0, 0.1) is 0 Å². The van der Waals surface area contributed by atoms with E-state index < -0.39 is 5.97 Å². The minimum Gasteiger partial charge on any atom is -0.497 e. The monoisotopic (exact) mass is 422 g/mol. The average molecular weight is 422 g/mol. The third-order valence-electron chi connectivity index (χ3n) is 5.29. The van der Waals surface area contributed by atoms with Crippen molar-refractivity contribution < 1.29 is 19.0 Å². The largest absolute Gasteiger partial charge is 0.497 e. The Morgan fingerprint density at radius 3 is 2.90 bits per heavy atom. The molecule has 162 valence electrons. The van der Waals surface area contributed by atoms with Gasteiger partial charge in [0.15, 0.2) is 0 Å². The number of nitrogens with one attached hydrogen (secondary N) is 2. The lowest BCUT2D eigenvalue weighted by atomic mass is 10.1. The van der Waals surface area contributed by atoms with Crippen LogP contribution in [-0.2, 0) is 11.3 Å². The molecule has 0 fully saturated rings. The number of aromatic nitrogens is 2. The highest BCUT2D eigenvalue weighted by Crippen LogP contribution is 2.34. The van der Waals surface area contributed by atoms with E-state index in [1.54, 1.807) is 20.4 Å². The molecule has 0 amide bonds. The molecular formula is C23H26N4O4. The number of esters is 1. The van der Waals surface area contributed by atoms with Gasteiger partial charge in [0.2, 0.25) is 0 Å². The van der Waals surface area contributed by atoms with E-state index in [0.29, 0.717) is 52.8 Å². The van der Waals surface area contributed by atoms with Crippen molar-refractivity contribution in [3.63, 3.8) is 0 Å². The maximum Gasteiger partial charge on any atom is 0.344 e. The fourth-order valence-electron chi connectivity index (χ4n) is 3.74. The zero-order valence-electron chi connectivity index (χ0n) is 17.9. The van der Waals surface area contributed by atoms with Gasteiger partial charge >= 0.3 is 5.97 Å². The van der Waals surface area contributed by atoms with Crippen LogP contribution in [0.25, 0.3) is 11.0 Å². The van der Waals surface area contributed by atoms with Gasteiger partial charge in [0.25, 0.3) is 0 Å². The Balaban J connectivity index is 1.74. The minimum absolute atomic E-state index is 0.0253. The van der Waals surface area contributed by atoms with Crippen molar-refractivity contribution in [2.45, 2.75) is 32.4 Å². The maximum atomic E-state index is 12.9. The number of anilines is 2. The topological polar surface area (TPSA) is 94.6 Å². The summed E-state index contributed by atoms with van der Waals surface area (Å²) in [6.45, 7) is 2.82. The third-order valence-corrected chi connectivity index (χ3v) is 5.29. The number of nitrogens with zero attached hydrogens (tertiary/aromatic N) is 2. The lowest BCUT2D eigenvalue weighted by Gasteiger charge is -2.18. The van der Waals surface area contributed by atoms with Crippen molar-refractivity contribution in [2.75, 3.05) is 31.5 Å². The number of fused-ring (bicyclic) bond motifs is 3. The molecule has 1 aliphatic heterocycles. The minimum atomic E-state index is -0.412. The van der Waals surface area contributed by atoms with E-state index in [-0.39, 0.29) is 6.04 Å². The standard InChI is InChI=1S/C23H26N4O4/c1-4-6-15-13-31-23(28)19-21(26-15)20-17(7-5-10-24-20)27-22(19)25-12-14-8-9-16(29-2)11-18(14)30-3/h5,7-11,15,26H,4,6,12-13H2,1-3H3,(H,25,27)/t15-/m0/s1. The number of carbonyl (C=O) groups is 1. The van der Waals surface area contributed by atoms with Gasteiger partial charge < -0.3 is 24.8 Å². The van der Waals surface area contributed by atoms with Crippen molar-refractivity contribution in [3.05, 3.63) is 47.7 Å². The van der Waals surface area contributed by atoms with Gasteiger partial charge in [-0.3, -0.25) is 4.98 Å². The second-order valence-electron chi connectivity index (χ2n) is 7.34. The Morgan fingerprint density at radius 2 is 2.13 bits per heavy atom. The molecule has 1 aliphatic rings. The van der Waals surface area contributed by atoms with Gasteiger partial charge in [-0.2, -0.15) is 0 Å². The van der Waals surface area contributed by atoms with Crippen LogP contribution in [0.15, 0.2) is 36.5 Å². The van der Waals surface area contributed by atoms with Crippen molar-refractivity contribution >= 4 is 28.5 Å². The summed E-state index contributed by atoms with van der Waals surface area (Å²) in [5.74, 6) is 1.43. The molecular weight excluding hydrogens is 396 g/mol. The lowest BCUT2D eigenvalue weighted by molar-refractivity contribution is 0.0498. The number of cyclic esters (lactones) is 1. The van der Waals surface area contributed by atoms with Crippen molar-refractivity contribution in [1.29, 1.82) is 0 Å². The quantitative estimate of drug-likeness (QED) is 0.552. The van der Waals surface area contributed by atoms with Gasteiger partial charge in [-0.15, -0.1) is 0 Å². The zero-order valence-corrected chi connectivity index (χ0v) is 17.9. The van der Waals surface area contributed by atoms with Crippen LogP contribution in [0.4, 0.5) is 11.5 Å². The first-order valence-corrected chi connectivity index (χ1v) is 10.3. The highest BCUT2D eigenvalue weighted by molar-refractivity contribution is 6.08. The molecule has 1 aromatic carbocycles. The van der Waals surface area contributed by atoms with Crippen LogP contribution in [-0.4, -0.2) is 42.8 Å². The summed E-state index contributed by atoms with van der Waals surface area (Å²) in [4.78, 5) is 22.1. The smallest absolute Gasteiger partial charge is 0.344 e. The molecule has 0 bridgehead atoms.